The quantitative estimate of drug-likeness (QED) is 0.724. The third-order valence-corrected chi connectivity index (χ3v) is 3.63. The van der Waals surface area contributed by atoms with Crippen LogP contribution in [-0.2, 0) is 17.6 Å². The molecule has 5 nitrogen and oxygen atoms in total. The Morgan fingerprint density at radius 2 is 1.69 bits per heavy atom. The number of aryl methyl sites for hydroxylation is 1. The Balaban J connectivity index is 1.58. The lowest BCUT2D eigenvalue weighted by Gasteiger charge is -2.08. The summed E-state index contributed by atoms with van der Waals surface area (Å²) < 4.78 is 18.5. The molecule has 3 aromatic rings. The molecule has 1 aromatic heterocycles. The van der Waals surface area contributed by atoms with Gasteiger partial charge >= 0.3 is 0 Å². The van der Waals surface area contributed by atoms with Crippen molar-refractivity contribution in [3.8, 4) is 11.5 Å². The third-order valence-electron chi connectivity index (χ3n) is 3.63. The lowest BCUT2D eigenvalue weighted by atomic mass is 10.1. The van der Waals surface area contributed by atoms with Crippen LogP contribution in [0.15, 0.2) is 60.8 Å². The largest absolute Gasteiger partial charge is 0.457 e. The Bertz CT molecular complexity index is 880. The molecule has 0 saturated heterocycles. The van der Waals surface area contributed by atoms with Gasteiger partial charge in [0.15, 0.2) is 0 Å². The van der Waals surface area contributed by atoms with Gasteiger partial charge in [0.25, 0.3) is 0 Å². The summed E-state index contributed by atoms with van der Waals surface area (Å²) in [6, 6.07) is 14.6. The molecule has 0 fully saturated rings. The van der Waals surface area contributed by atoms with Gasteiger partial charge in [-0.25, -0.2) is 14.4 Å². The first-order chi connectivity index (χ1) is 12.6. The molecule has 1 heterocycles. The summed E-state index contributed by atoms with van der Waals surface area (Å²) >= 11 is 0. The summed E-state index contributed by atoms with van der Waals surface area (Å²) in [7, 11) is 0. The highest BCUT2D eigenvalue weighted by atomic mass is 19.1. The van der Waals surface area contributed by atoms with Crippen LogP contribution in [0, 0.1) is 5.82 Å². The van der Waals surface area contributed by atoms with Crippen LogP contribution in [-0.4, -0.2) is 15.9 Å². The van der Waals surface area contributed by atoms with Crippen LogP contribution >= 0.6 is 0 Å². The van der Waals surface area contributed by atoms with Gasteiger partial charge in [-0.15, -0.1) is 0 Å². The molecule has 0 unspecified atom stereocenters. The Hall–Kier alpha value is -3.28. The Labute approximate surface area is 150 Å². The van der Waals surface area contributed by atoms with Gasteiger partial charge in [0.1, 0.15) is 29.0 Å². The molecule has 132 valence electrons. The van der Waals surface area contributed by atoms with Gasteiger partial charge in [0.2, 0.25) is 5.91 Å². The molecule has 0 saturated carbocycles. The first-order valence-corrected chi connectivity index (χ1v) is 8.26. The van der Waals surface area contributed by atoms with Crippen molar-refractivity contribution >= 4 is 11.7 Å². The van der Waals surface area contributed by atoms with E-state index >= 15 is 0 Å². The number of carbonyl (C=O) groups is 1. The van der Waals surface area contributed by atoms with Gasteiger partial charge in [0, 0.05) is 12.6 Å². The third kappa shape index (κ3) is 4.86. The summed E-state index contributed by atoms with van der Waals surface area (Å²) in [5, 5.41) is 2.77. The minimum atomic E-state index is -0.312. The second-order valence-electron chi connectivity index (χ2n) is 5.64. The molecule has 0 bridgehead atoms. The van der Waals surface area contributed by atoms with E-state index in [0.29, 0.717) is 29.6 Å². The van der Waals surface area contributed by atoms with E-state index in [1.54, 1.807) is 36.5 Å². The molecule has 26 heavy (non-hydrogen) atoms. The lowest BCUT2D eigenvalue weighted by molar-refractivity contribution is -0.115. The maximum Gasteiger partial charge on any atom is 0.229 e. The average Bonchev–Trinajstić information content (AvgIpc) is 2.65. The molecule has 0 spiro atoms. The molecule has 1 N–H and O–H groups in total. The molecule has 0 aliphatic carbocycles. The molecule has 0 aliphatic heterocycles. The number of halogens is 1. The van der Waals surface area contributed by atoms with Gasteiger partial charge in [-0.3, -0.25) is 4.79 Å². The number of nitrogens with zero attached hydrogens (tertiary/aromatic N) is 2. The molecule has 3 rings (SSSR count). The fourth-order valence-electron chi connectivity index (χ4n) is 2.33. The zero-order valence-corrected chi connectivity index (χ0v) is 14.3. The number of amides is 1. The SMILES string of the molecule is CCc1nccc(NC(=O)Cc2ccc(Oc3ccc(F)cc3)cc2)n1. The zero-order chi connectivity index (χ0) is 18.4. The highest BCUT2D eigenvalue weighted by Gasteiger charge is 2.06. The van der Waals surface area contributed by atoms with Crippen molar-refractivity contribution in [1.82, 2.24) is 9.97 Å². The fourth-order valence-corrected chi connectivity index (χ4v) is 2.33. The highest BCUT2D eigenvalue weighted by molar-refractivity contribution is 5.91. The van der Waals surface area contributed by atoms with E-state index in [4.69, 9.17) is 4.74 Å². The second-order valence-corrected chi connectivity index (χ2v) is 5.64. The predicted molar refractivity (Wildman–Crippen MR) is 96.7 cm³/mol. The molecule has 0 aliphatic rings. The fraction of sp³-hybridized carbons (Fsp3) is 0.150. The van der Waals surface area contributed by atoms with Crippen molar-refractivity contribution in [1.29, 1.82) is 0 Å². The molecular formula is C20H18FN3O2. The number of hydrogen-bond donors (Lipinski definition) is 1. The Kier molecular flexibility index (Phi) is 5.53. The van der Waals surface area contributed by atoms with Crippen molar-refractivity contribution in [2.75, 3.05) is 5.32 Å². The van der Waals surface area contributed by atoms with Crippen molar-refractivity contribution < 1.29 is 13.9 Å². The Morgan fingerprint density at radius 3 is 2.35 bits per heavy atom. The summed E-state index contributed by atoms with van der Waals surface area (Å²) in [5.74, 6) is 1.88. The highest BCUT2D eigenvalue weighted by Crippen LogP contribution is 2.22. The smallest absolute Gasteiger partial charge is 0.229 e. The maximum absolute atomic E-state index is 12.9. The van der Waals surface area contributed by atoms with Crippen molar-refractivity contribution in [2.45, 2.75) is 19.8 Å². The van der Waals surface area contributed by atoms with E-state index in [0.717, 1.165) is 5.56 Å². The molecule has 2 aromatic carbocycles. The van der Waals surface area contributed by atoms with E-state index < -0.39 is 0 Å². The van der Waals surface area contributed by atoms with Gasteiger partial charge in [-0.05, 0) is 48.0 Å². The van der Waals surface area contributed by atoms with E-state index in [1.165, 1.54) is 12.1 Å². The zero-order valence-electron chi connectivity index (χ0n) is 14.3. The van der Waals surface area contributed by atoms with E-state index in [-0.39, 0.29) is 18.1 Å². The van der Waals surface area contributed by atoms with Crippen molar-refractivity contribution in [3.05, 3.63) is 78.0 Å². The minimum absolute atomic E-state index is 0.155. The first kappa shape index (κ1) is 17.5. The summed E-state index contributed by atoms with van der Waals surface area (Å²) in [6.45, 7) is 1.95. The van der Waals surface area contributed by atoms with Crippen LogP contribution in [0.3, 0.4) is 0 Å². The number of benzene rings is 2. The molecule has 0 atom stereocenters. The number of nitrogens with one attached hydrogen (secondary N) is 1. The molecule has 6 heteroatoms. The van der Waals surface area contributed by atoms with Crippen molar-refractivity contribution in [3.63, 3.8) is 0 Å². The van der Waals surface area contributed by atoms with Gasteiger partial charge < -0.3 is 10.1 Å². The van der Waals surface area contributed by atoms with Gasteiger partial charge in [0.05, 0.1) is 6.42 Å². The number of carbonyl (C=O) groups excluding carboxylic acids is 1. The van der Waals surface area contributed by atoms with Crippen LogP contribution in [0.2, 0.25) is 0 Å². The Morgan fingerprint density at radius 1 is 1.04 bits per heavy atom. The van der Waals surface area contributed by atoms with E-state index in [2.05, 4.69) is 15.3 Å². The molecule has 0 radical (unpaired) electrons. The normalized spacial score (nSPS) is 10.4. The molecular weight excluding hydrogens is 333 g/mol. The number of hydrogen-bond acceptors (Lipinski definition) is 4. The van der Waals surface area contributed by atoms with Crippen molar-refractivity contribution in [2.24, 2.45) is 0 Å². The van der Waals surface area contributed by atoms with Crippen LogP contribution < -0.4 is 10.1 Å². The average molecular weight is 351 g/mol. The monoisotopic (exact) mass is 351 g/mol. The second kappa shape index (κ2) is 8.20. The van der Waals surface area contributed by atoms with Gasteiger partial charge in [-0.1, -0.05) is 19.1 Å². The van der Waals surface area contributed by atoms with Crippen LogP contribution in [0.25, 0.3) is 0 Å². The topological polar surface area (TPSA) is 64.1 Å². The van der Waals surface area contributed by atoms with Gasteiger partial charge in [-0.2, -0.15) is 0 Å². The van der Waals surface area contributed by atoms with Crippen LogP contribution in [0.5, 0.6) is 11.5 Å². The maximum atomic E-state index is 12.9. The van der Waals surface area contributed by atoms with E-state index in [1.807, 2.05) is 19.1 Å². The van der Waals surface area contributed by atoms with Crippen LogP contribution in [0.1, 0.15) is 18.3 Å². The minimum Gasteiger partial charge on any atom is -0.457 e. The number of ether oxygens (including phenoxy) is 1. The predicted octanol–water partition coefficient (Wildman–Crippen LogP) is 4.15. The summed E-state index contributed by atoms with van der Waals surface area (Å²) in [6.07, 6.45) is 2.56. The lowest BCUT2D eigenvalue weighted by Crippen LogP contribution is -2.15. The number of aromatic nitrogens is 2. The summed E-state index contributed by atoms with van der Waals surface area (Å²) in [4.78, 5) is 20.5. The van der Waals surface area contributed by atoms with E-state index in [9.17, 15) is 9.18 Å². The number of anilines is 1. The first-order valence-electron chi connectivity index (χ1n) is 8.26. The van der Waals surface area contributed by atoms with Crippen LogP contribution in [0.4, 0.5) is 10.2 Å². The standard InChI is InChI=1S/C20H18FN3O2/c1-2-18-22-12-11-19(23-18)24-20(25)13-14-3-7-16(8-4-14)26-17-9-5-15(21)6-10-17/h3-12H,2,13H2,1H3,(H,22,23,24,25). The molecule has 1 amide bonds. The number of rotatable bonds is 6. The summed E-state index contributed by atoms with van der Waals surface area (Å²) in [5.41, 5.74) is 0.846.